The molecule has 0 N–H and O–H groups in total. The standard InChI is InChI=1S/C17H23N5OS/c1-20-7-3-5-14(20)15-6-4-8-22(15)17(23)13-11-24-16(19-13)12-9-18-21(2)10-12/h9-11,14-15H,3-8H2,1-2H3/t14-,15+/m0/s1. The van der Waals surface area contributed by atoms with Crippen LogP contribution in [0.5, 0.6) is 0 Å². The quantitative estimate of drug-likeness (QED) is 0.856. The molecule has 6 nitrogen and oxygen atoms in total. The van der Waals surface area contributed by atoms with Crippen LogP contribution in [0.1, 0.15) is 36.2 Å². The van der Waals surface area contributed by atoms with Crippen molar-refractivity contribution in [3.63, 3.8) is 0 Å². The molecule has 0 spiro atoms. The Labute approximate surface area is 146 Å². The third kappa shape index (κ3) is 2.75. The predicted octanol–water partition coefficient (Wildman–Crippen LogP) is 2.24. The maximum atomic E-state index is 13.0. The number of nitrogens with zero attached hydrogens (tertiary/aromatic N) is 5. The zero-order valence-corrected chi connectivity index (χ0v) is 15.0. The summed E-state index contributed by atoms with van der Waals surface area (Å²) in [5, 5.41) is 6.93. The zero-order chi connectivity index (χ0) is 16.7. The van der Waals surface area contributed by atoms with Crippen LogP contribution in [0.15, 0.2) is 17.8 Å². The van der Waals surface area contributed by atoms with Gasteiger partial charge in [0.15, 0.2) is 0 Å². The molecule has 0 bridgehead atoms. The van der Waals surface area contributed by atoms with Crippen molar-refractivity contribution in [3.05, 3.63) is 23.5 Å². The zero-order valence-electron chi connectivity index (χ0n) is 14.2. The van der Waals surface area contributed by atoms with Crippen LogP contribution in [-0.4, -0.2) is 62.7 Å². The van der Waals surface area contributed by atoms with Gasteiger partial charge in [0.1, 0.15) is 10.7 Å². The molecule has 2 atom stereocenters. The molecule has 2 saturated heterocycles. The van der Waals surface area contributed by atoms with E-state index >= 15 is 0 Å². The molecular formula is C17H23N5OS. The van der Waals surface area contributed by atoms with Crippen LogP contribution < -0.4 is 0 Å². The number of hydrogen-bond donors (Lipinski definition) is 0. The first kappa shape index (κ1) is 15.8. The Morgan fingerprint density at radius 3 is 2.71 bits per heavy atom. The lowest BCUT2D eigenvalue weighted by atomic mass is 10.0. The van der Waals surface area contributed by atoms with E-state index in [0.29, 0.717) is 17.8 Å². The van der Waals surface area contributed by atoms with Crippen LogP contribution >= 0.6 is 11.3 Å². The van der Waals surface area contributed by atoms with Gasteiger partial charge in [-0.15, -0.1) is 11.3 Å². The Balaban J connectivity index is 1.54. The summed E-state index contributed by atoms with van der Waals surface area (Å²) in [7, 11) is 4.07. The SMILES string of the molecule is CN1CCC[C@H]1[C@H]1CCCN1C(=O)c1csc(-c2cnn(C)c2)n1. The molecule has 0 aliphatic carbocycles. The summed E-state index contributed by atoms with van der Waals surface area (Å²) in [6.07, 6.45) is 8.36. The van der Waals surface area contributed by atoms with Gasteiger partial charge in [0.2, 0.25) is 0 Å². The fourth-order valence-electron chi connectivity index (χ4n) is 4.05. The second-order valence-electron chi connectivity index (χ2n) is 6.84. The van der Waals surface area contributed by atoms with E-state index in [9.17, 15) is 4.79 Å². The van der Waals surface area contributed by atoms with Crippen molar-refractivity contribution < 1.29 is 4.79 Å². The Hall–Kier alpha value is -1.73. The maximum Gasteiger partial charge on any atom is 0.273 e. The molecule has 2 aromatic heterocycles. The van der Waals surface area contributed by atoms with Crippen LogP contribution in [0.3, 0.4) is 0 Å². The van der Waals surface area contributed by atoms with Gasteiger partial charge in [-0.3, -0.25) is 9.48 Å². The first-order valence-corrected chi connectivity index (χ1v) is 9.47. The van der Waals surface area contributed by atoms with Gasteiger partial charge >= 0.3 is 0 Å². The molecule has 128 valence electrons. The Kier molecular flexibility index (Phi) is 4.14. The summed E-state index contributed by atoms with van der Waals surface area (Å²) in [6, 6.07) is 0.849. The number of carbonyl (C=O) groups is 1. The number of rotatable bonds is 3. The molecule has 24 heavy (non-hydrogen) atoms. The van der Waals surface area contributed by atoms with Crippen molar-refractivity contribution in [1.82, 2.24) is 24.6 Å². The fraction of sp³-hybridized carbons (Fsp3) is 0.588. The number of likely N-dealkylation sites (N-methyl/N-ethyl adjacent to an activating group) is 1. The second-order valence-corrected chi connectivity index (χ2v) is 7.70. The number of amides is 1. The minimum absolute atomic E-state index is 0.0872. The highest BCUT2D eigenvalue weighted by molar-refractivity contribution is 7.13. The lowest BCUT2D eigenvalue weighted by Crippen LogP contribution is -2.47. The number of hydrogen-bond acceptors (Lipinski definition) is 5. The van der Waals surface area contributed by atoms with Gasteiger partial charge in [-0.1, -0.05) is 0 Å². The Morgan fingerprint density at radius 2 is 2.00 bits per heavy atom. The summed E-state index contributed by atoms with van der Waals surface area (Å²) < 4.78 is 1.75. The number of thiazole rings is 1. The number of aryl methyl sites for hydroxylation is 1. The van der Waals surface area contributed by atoms with Crippen molar-refractivity contribution in [2.45, 2.75) is 37.8 Å². The molecule has 0 aromatic carbocycles. The predicted molar refractivity (Wildman–Crippen MR) is 94.0 cm³/mol. The summed E-state index contributed by atoms with van der Waals surface area (Å²) in [5.41, 5.74) is 1.54. The van der Waals surface area contributed by atoms with Crippen LogP contribution in [0.25, 0.3) is 10.6 Å². The van der Waals surface area contributed by atoms with Gasteiger partial charge in [-0.25, -0.2) is 4.98 Å². The Bertz CT molecular complexity index is 739. The van der Waals surface area contributed by atoms with Gasteiger partial charge in [0.25, 0.3) is 5.91 Å². The first-order valence-electron chi connectivity index (χ1n) is 8.59. The minimum atomic E-state index is 0.0872. The van der Waals surface area contributed by atoms with Gasteiger partial charge < -0.3 is 9.80 Å². The highest BCUT2D eigenvalue weighted by atomic mass is 32.1. The smallest absolute Gasteiger partial charge is 0.273 e. The van der Waals surface area contributed by atoms with Crippen molar-refractivity contribution in [3.8, 4) is 10.6 Å². The largest absolute Gasteiger partial charge is 0.333 e. The topological polar surface area (TPSA) is 54.3 Å². The van der Waals surface area contributed by atoms with Crippen LogP contribution in [0.4, 0.5) is 0 Å². The molecule has 2 fully saturated rings. The van der Waals surface area contributed by atoms with Crippen molar-refractivity contribution >= 4 is 17.2 Å². The summed E-state index contributed by atoms with van der Waals surface area (Å²) in [6.45, 7) is 2.00. The highest BCUT2D eigenvalue weighted by Gasteiger charge is 2.39. The van der Waals surface area contributed by atoms with E-state index in [1.54, 1.807) is 10.9 Å². The molecule has 7 heteroatoms. The number of carbonyl (C=O) groups excluding carboxylic acids is 1. The average molecular weight is 345 g/mol. The lowest BCUT2D eigenvalue weighted by molar-refractivity contribution is 0.0659. The van der Waals surface area contributed by atoms with Gasteiger partial charge in [0, 0.05) is 42.8 Å². The van der Waals surface area contributed by atoms with E-state index < -0.39 is 0 Å². The molecule has 0 radical (unpaired) electrons. The summed E-state index contributed by atoms with van der Waals surface area (Å²) in [4.78, 5) is 22.1. The third-order valence-corrected chi connectivity index (χ3v) is 6.15. The van der Waals surface area contributed by atoms with Gasteiger partial charge in [0.05, 0.1) is 6.20 Å². The molecule has 2 aliphatic heterocycles. The lowest BCUT2D eigenvalue weighted by Gasteiger charge is -2.32. The number of likely N-dealkylation sites (tertiary alicyclic amines) is 2. The molecule has 4 rings (SSSR count). The molecular weight excluding hydrogens is 322 g/mol. The van der Waals surface area contributed by atoms with Crippen LogP contribution in [-0.2, 0) is 7.05 Å². The fourth-order valence-corrected chi connectivity index (χ4v) is 4.82. The minimum Gasteiger partial charge on any atom is -0.333 e. The van der Waals surface area contributed by atoms with Crippen LogP contribution in [0, 0.1) is 0 Å². The second kappa shape index (κ2) is 6.29. The maximum absolute atomic E-state index is 13.0. The molecule has 4 heterocycles. The summed E-state index contributed by atoms with van der Waals surface area (Å²) in [5.74, 6) is 0.0872. The molecule has 0 unspecified atom stereocenters. The van der Waals surface area contributed by atoms with Crippen molar-refractivity contribution in [2.75, 3.05) is 20.1 Å². The van der Waals surface area contributed by atoms with Crippen LogP contribution in [0.2, 0.25) is 0 Å². The number of aromatic nitrogens is 3. The van der Waals surface area contributed by atoms with E-state index in [-0.39, 0.29) is 5.91 Å². The van der Waals surface area contributed by atoms with E-state index in [4.69, 9.17) is 0 Å². The normalized spacial score (nSPS) is 24.8. The van der Waals surface area contributed by atoms with E-state index in [1.165, 1.54) is 24.2 Å². The monoisotopic (exact) mass is 345 g/mol. The van der Waals surface area contributed by atoms with Gasteiger partial charge in [-0.2, -0.15) is 5.10 Å². The van der Waals surface area contributed by atoms with Crippen molar-refractivity contribution in [2.24, 2.45) is 7.05 Å². The third-order valence-electron chi connectivity index (χ3n) is 5.26. The molecule has 2 aromatic rings. The Morgan fingerprint density at radius 1 is 1.21 bits per heavy atom. The van der Waals surface area contributed by atoms with E-state index in [1.807, 2.05) is 18.6 Å². The molecule has 1 amide bonds. The highest BCUT2D eigenvalue weighted by Crippen LogP contribution is 2.31. The van der Waals surface area contributed by atoms with E-state index in [0.717, 1.165) is 36.5 Å². The van der Waals surface area contributed by atoms with Crippen molar-refractivity contribution in [1.29, 1.82) is 0 Å². The molecule has 2 aliphatic rings. The summed E-state index contributed by atoms with van der Waals surface area (Å²) >= 11 is 1.51. The molecule has 0 saturated carbocycles. The van der Waals surface area contributed by atoms with E-state index in [2.05, 4.69) is 26.9 Å². The first-order chi connectivity index (χ1) is 11.6. The average Bonchev–Trinajstić information content (AvgIpc) is 3.33. The van der Waals surface area contributed by atoms with Gasteiger partial charge in [-0.05, 0) is 39.3 Å².